The van der Waals surface area contributed by atoms with E-state index < -0.39 is 0 Å². The van der Waals surface area contributed by atoms with E-state index in [1.807, 2.05) is 26.2 Å². The Hall–Kier alpha value is -0.390. The molecule has 0 radical (unpaired) electrons. The number of amides is 1. The summed E-state index contributed by atoms with van der Waals surface area (Å²) in [6.07, 6.45) is 0.497. The zero-order chi connectivity index (χ0) is 11.3. The summed E-state index contributed by atoms with van der Waals surface area (Å²) in [5, 5.41) is 3.02. The van der Waals surface area contributed by atoms with Crippen LogP contribution in [-0.4, -0.2) is 38.0 Å². The molecule has 15 heavy (non-hydrogen) atoms. The quantitative estimate of drug-likeness (QED) is 0.896. The highest BCUT2D eigenvalue weighted by Crippen LogP contribution is 2.22. The number of hydrogen-bond donors (Lipinski definition) is 1. The molecule has 0 atom stereocenters. The lowest BCUT2D eigenvalue weighted by Crippen LogP contribution is -2.33. The van der Waals surface area contributed by atoms with Gasteiger partial charge in [0.25, 0.3) is 0 Å². The van der Waals surface area contributed by atoms with Crippen molar-refractivity contribution in [1.29, 1.82) is 0 Å². The maximum Gasteiger partial charge on any atom is 0.227 e. The molecular formula is C10H15BrN2OS. The molecule has 1 aromatic rings. The van der Waals surface area contributed by atoms with Crippen molar-refractivity contribution in [2.75, 3.05) is 27.2 Å². The lowest BCUT2D eigenvalue weighted by atomic mass is 10.3. The van der Waals surface area contributed by atoms with Gasteiger partial charge in [-0.1, -0.05) is 0 Å². The van der Waals surface area contributed by atoms with Gasteiger partial charge in [0.05, 0.1) is 10.2 Å². The van der Waals surface area contributed by atoms with Crippen LogP contribution < -0.4 is 5.32 Å². The molecular weight excluding hydrogens is 276 g/mol. The van der Waals surface area contributed by atoms with E-state index >= 15 is 0 Å². The molecule has 0 bridgehead atoms. The number of carbonyl (C=O) groups excluding carboxylic acids is 1. The summed E-state index contributed by atoms with van der Waals surface area (Å²) in [4.78, 5) is 14.6. The van der Waals surface area contributed by atoms with Gasteiger partial charge >= 0.3 is 0 Å². The van der Waals surface area contributed by atoms with Crippen LogP contribution in [0.25, 0.3) is 0 Å². The number of nitrogens with zero attached hydrogens (tertiary/aromatic N) is 1. The zero-order valence-corrected chi connectivity index (χ0v) is 11.3. The number of likely N-dealkylation sites (N-methyl/N-ethyl adjacent to an activating group) is 2. The van der Waals surface area contributed by atoms with Crippen LogP contribution in [0.3, 0.4) is 0 Å². The Bertz CT molecular complexity index is 327. The van der Waals surface area contributed by atoms with E-state index in [0.717, 1.165) is 21.8 Å². The van der Waals surface area contributed by atoms with Gasteiger partial charge in [-0.3, -0.25) is 4.79 Å². The first-order valence-electron chi connectivity index (χ1n) is 4.76. The lowest BCUT2D eigenvalue weighted by molar-refractivity contribution is -0.129. The SMILES string of the molecule is CNCCN(C)C(=O)Cc1ccc(Br)s1. The molecule has 3 nitrogen and oxygen atoms in total. The van der Waals surface area contributed by atoms with Gasteiger partial charge in [-0.05, 0) is 35.1 Å². The van der Waals surface area contributed by atoms with Crippen LogP contribution in [0.4, 0.5) is 0 Å². The first-order chi connectivity index (χ1) is 7.13. The van der Waals surface area contributed by atoms with Crippen molar-refractivity contribution in [3.05, 3.63) is 20.8 Å². The molecule has 0 saturated carbocycles. The monoisotopic (exact) mass is 290 g/mol. The minimum absolute atomic E-state index is 0.166. The second-order valence-corrected chi connectivity index (χ2v) is 5.85. The fraction of sp³-hybridized carbons (Fsp3) is 0.500. The fourth-order valence-electron chi connectivity index (χ4n) is 1.13. The zero-order valence-electron chi connectivity index (χ0n) is 8.92. The highest BCUT2D eigenvalue weighted by Gasteiger charge is 2.10. The Kier molecular flexibility index (Phi) is 5.28. The molecule has 0 aliphatic rings. The van der Waals surface area contributed by atoms with Gasteiger partial charge in [-0.15, -0.1) is 11.3 Å². The summed E-state index contributed by atoms with van der Waals surface area (Å²) >= 11 is 5.00. The third kappa shape index (κ3) is 4.32. The maximum absolute atomic E-state index is 11.7. The predicted molar refractivity (Wildman–Crippen MR) is 67.3 cm³/mol. The number of hydrogen-bond acceptors (Lipinski definition) is 3. The minimum Gasteiger partial charge on any atom is -0.344 e. The first-order valence-corrected chi connectivity index (χ1v) is 6.37. The second-order valence-electron chi connectivity index (χ2n) is 3.30. The Labute approximate surface area is 103 Å². The van der Waals surface area contributed by atoms with Gasteiger partial charge in [0.1, 0.15) is 0 Å². The van der Waals surface area contributed by atoms with Crippen molar-refractivity contribution in [2.45, 2.75) is 6.42 Å². The van der Waals surface area contributed by atoms with Gasteiger partial charge in [0.15, 0.2) is 0 Å². The summed E-state index contributed by atoms with van der Waals surface area (Å²) in [7, 11) is 3.72. The number of thiophene rings is 1. The fourth-order valence-corrected chi connectivity index (χ4v) is 2.61. The second kappa shape index (κ2) is 6.25. The van der Waals surface area contributed by atoms with Crippen molar-refractivity contribution < 1.29 is 4.79 Å². The van der Waals surface area contributed by atoms with Gasteiger partial charge in [0.2, 0.25) is 5.91 Å². The van der Waals surface area contributed by atoms with Gasteiger partial charge in [-0.2, -0.15) is 0 Å². The molecule has 0 saturated heterocycles. The van der Waals surface area contributed by atoms with Gasteiger partial charge in [-0.25, -0.2) is 0 Å². The van der Waals surface area contributed by atoms with E-state index in [-0.39, 0.29) is 5.91 Å². The predicted octanol–water partition coefficient (Wildman–Crippen LogP) is 1.73. The molecule has 1 amide bonds. The average molecular weight is 291 g/mol. The number of nitrogens with one attached hydrogen (secondary N) is 1. The minimum atomic E-state index is 0.166. The molecule has 0 spiro atoms. The van der Waals surface area contributed by atoms with Gasteiger partial charge in [0, 0.05) is 25.0 Å². The third-order valence-corrected chi connectivity index (χ3v) is 3.70. The highest BCUT2D eigenvalue weighted by molar-refractivity contribution is 9.11. The molecule has 0 fully saturated rings. The molecule has 0 unspecified atom stereocenters. The summed E-state index contributed by atoms with van der Waals surface area (Å²) in [5.41, 5.74) is 0. The Morgan fingerprint density at radius 2 is 2.33 bits per heavy atom. The molecule has 84 valence electrons. The van der Waals surface area contributed by atoms with E-state index in [1.165, 1.54) is 0 Å². The molecule has 1 N–H and O–H groups in total. The summed E-state index contributed by atoms with van der Waals surface area (Å²) in [5.74, 6) is 0.166. The van der Waals surface area contributed by atoms with Crippen molar-refractivity contribution >= 4 is 33.2 Å². The van der Waals surface area contributed by atoms with E-state index in [9.17, 15) is 4.79 Å². The Morgan fingerprint density at radius 1 is 1.60 bits per heavy atom. The smallest absolute Gasteiger partial charge is 0.227 e. The van der Waals surface area contributed by atoms with Crippen LogP contribution in [0.15, 0.2) is 15.9 Å². The molecule has 1 rings (SSSR count). The van der Waals surface area contributed by atoms with E-state index in [4.69, 9.17) is 0 Å². The molecule has 0 aliphatic carbocycles. The van der Waals surface area contributed by atoms with Crippen molar-refractivity contribution in [3.8, 4) is 0 Å². The van der Waals surface area contributed by atoms with Crippen molar-refractivity contribution in [3.63, 3.8) is 0 Å². The normalized spacial score (nSPS) is 10.3. The van der Waals surface area contributed by atoms with Crippen LogP contribution in [0.5, 0.6) is 0 Å². The summed E-state index contributed by atoms with van der Waals surface area (Å²) < 4.78 is 1.07. The van der Waals surface area contributed by atoms with Crippen LogP contribution >= 0.6 is 27.3 Å². The molecule has 1 aromatic heterocycles. The molecule has 0 aliphatic heterocycles. The Balaban J connectivity index is 2.41. The largest absolute Gasteiger partial charge is 0.344 e. The number of halogens is 1. The van der Waals surface area contributed by atoms with Crippen LogP contribution in [0.1, 0.15) is 4.88 Å². The van der Waals surface area contributed by atoms with Crippen molar-refractivity contribution in [2.24, 2.45) is 0 Å². The first kappa shape index (κ1) is 12.7. The van der Waals surface area contributed by atoms with Crippen LogP contribution in [-0.2, 0) is 11.2 Å². The number of rotatable bonds is 5. The molecule has 5 heteroatoms. The van der Waals surface area contributed by atoms with E-state index in [2.05, 4.69) is 21.2 Å². The topological polar surface area (TPSA) is 32.3 Å². The average Bonchev–Trinajstić information content (AvgIpc) is 2.60. The van der Waals surface area contributed by atoms with E-state index in [1.54, 1.807) is 16.2 Å². The maximum atomic E-state index is 11.7. The lowest BCUT2D eigenvalue weighted by Gasteiger charge is -2.16. The Morgan fingerprint density at radius 3 is 2.87 bits per heavy atom. The number of carbonyl (C=O) groups is 1. The van der Waals surface area contributed by atoms with Crippen LogP contribution in [0.2, 0.25) is 0 Å². The molecule has 1 heterocycles. The standard InChI is InChI=1S/C10H15BrN2OS/c1-12-5-6-13(2)10(14)7-8-3-4-9(11)15-8/h3-4,12H,5-7H2,1-2H3. The summed E-state index contributed by atoms with van der Waals surface area (Å²) in [6, 6.07) is 3.96. The van der Waals surface area contributed by atoms with Gasteiger partial charge < -0.3 is 10.2 Å². The van der Waals surface area contributed by atoms with E-state index in [0.29, 0.717) is 6.42 Å². The highest BCUT2D eigenvalue weighted by atomic mass is 79.9. The van der Waals surface area contributed by atoms with Crippen molar-refractivity contribution in [1.82, 2.24) is 10.2 Å². The summed E-state index contributed by atoms with van der Waals surface area (Å²) in [6.45, 7) is 1.58. The molecule has 0 aromatic carbocycles. The van der Waals surface area contributed by atoms with Crippen LogP contribution in [0, 0.1) is 0 Å². The third-order valence-electron chi connectivity index (χ3n) is 2.08.